The Morgan fingerprint density at radius 3 is 2.53 bits per heavy atom. The quantitative estimate of drug-likeness (QED) is 0.892. The van der Waals surface area contributed by atoms with Gasteiger partial charge < -0.3 is 5.32 Å². The van der Waals surface area contributed by atoms with E-state index in [2.05, 4.69) is 42.3 Å². The Morgan fingerprint density at radius 2 is 1.89 bits per heavy atom. The van der Waals surface area contributed by atoms with Crippen LogP contribution in [0.15, 0.2) is 42.7 Å². The molecule has 0 fully saturated rings. The van der Waals surface area contributed by atoms with Gasteiger partial charge in [-0.25, -0.2) is 0 Å². The zero-order valence-electron chi connectivity index (χ0n) is 11.4. The Labute approximate surface area is 119 Å². The van der Waals surface area contributed by atoms with Crippen LogP contribution in [-0.2, 0) is 6.42 Å². The van der Waals surface area contributed by atoms with Crippen molar-refractivity contribution >= 4 is 11.6 Å². The number of hydrogen-bond acceptors (Lipinski definition) is 2. The van der Waals surface area contributed by atoms with E-state index in [-0.39, 0.29) is 6.04 Å². The summed E-state index contributed by atoms with van der Waals surface area (Å²) >= 11 is 5.97. The van der Waals surface area contributed by atoms with Crippen LogP contribution in [-0.4, -0.2) is 11.5 Å². The molecule has 1 aromatic carbocycles. The van der Waals surface area contributed by atoms with Crippen molar-refractivity contribution in [2.45, 2.75) is 26.3 Å². The summed E-state index contributed by atoms with van der Waals surface area (Å²) in [6.45, 7) is 5.19. The Hall–Kier alpha value is -1.38. The zero-order valence-corrected chi connectivity index (χ0v) is 12.1. The van der Waals surface area contributed by atoms with Gasteiger partial charge in [-0.2, -0.15) is 0 Å². The van der Waals surface area contributed by atoms with Gasteiger partial charge in [-0.15, -0.1) is 0 Å². The van der Waals surface area contributed by atoms with Gasteiger partial charge in [0.05, 0.1) is 6.04 Å². The fourth-order valence-electron chi connectivity index (χ4n) is 2.28. The van der Waals surface area contributed by atoms with E-state index in [4.69, 9.17) is 11.6 Å². The van der Waals surface area contributed by atoms with Crippen LogP contribution >= 0.6 is 11.6 Å². The SMILES string of the molecule is CCNC(c1ccc(Cl)cc1)c1ccncc1CC. The number of aryl methyl sites for hydroxylation is 1. The highest BCUT2D eigenvalue weighted by Crippen LogP contribution is 2.26. The van der Waals surface area contributed by atoms with Crippen LogP contribution in [0.4, 0.5) is 0 Å². The van der Waals surface area contributed by atoms with Crippen molar-refractivity contribution in [3.63, 3.8) is 0 Å². The summed E-state index contributed by atoms with van der Waals surface area (Å²) < 4.78 is 0. The third-order valence-electron chi connectivity index (χ3n) is 3.24. The maximum atomic E-state index is 5.97. The van der Waals surface area contributed by atoms with Crippen molar-refractivity contribution in [1.82, 2.24) is 10.3 Å². The highest BCUT2D eigenvalue weighted by atomic mass is 35.5. The van der Waals surface area contributed by atoms with Crippen LogP contribution < -0.4 is 5.32 Å². The first-order chi connectivity index (χ1) is 9.26. The van der Waals surface area contributed by atoms with Gasteiger partial charge in [0.15, 0.2) is 0 Å². The fraction of sp³-hybridized carbons (Fsp3) is 0.312. The molecule has 0 saturated heterocycles. The molecule has 1 heterocycles. The molecule has 0 aliphatic rings. The molecule has 3 heteroatoms. The molecule has 1 atom stereocenters. The lowest BCUT2D eigenvalue weighted by Crippen LogP contribution is -2.23. The largest absolute Gasteiger partial charge is 0.307 e. The van der Waals surface area contributed by atoms with Crippen LogP contribution in [0.5, 0.6) is 0 Å². The molecule has 0 aliphatic carbocycles. The molecule has 1 aromatic heterocycles. The molecule has 0 amide bonds. The van der Waals surface area contributed by atoms with Gasteiger partial charge in [0.25, 0.3) is 0 Å². The minimum atomic E-state index is 0.195. The Morgan fingerprint density at radius 1 is 1.16 bits per heavy atom. The van der Waals surface area contributed by atoms with E-state index in [1.807, 2.05) is 24.5 Å². The first kappa shape index (κ1) is 14.0. The normalized spacial score (nSPS) is 12.4. The molecule has 100 valence electrons. The smallest absolute Gasteiger partial charge is 0.0580 e. The summed E-state index contributed by atoms with van der Waals surface area (Å²) in [4.78, 5) is 4.22. The Kier molecular flexibility index (Phi) is 4.94. The van der Waals surface area contributed by atoms with Gasteiger partial charge in [-0.1, -0.05) is 37.6 Å². The number of rotatable bonds is 5. The summed E-state index contributed by atoms with van der Waals surface area (Å²) in [7, 11) is 0. The van der Waals surface area contributed by atoms with E-state index in [0.717, 1.165) is 18.0 Å². The zero-order chi connectivity index (χ0) is 13.7. The molecule has 2 rings (SSSR count). The van der Waals surface area contributed by atoms with E-state index in [1.54, 1.807) is 0 Å². The van der Waals surface area contributed by atoms with E-state index in [9.17, 15) is 0 Å². The third kappa shape index (κ3) is 3.34. The van der Waals surface area contributed by atoms with E-state index in [1.165, 1.54) is 16.7 Å². The fourth-order valence-corrected chi connectivity index (χ4v) is 2.41. The molecule has 0 bridgehead atoms. The summed E-state index contributed by atoms with van der Waals surface area (Å²) in [5, 5.41) is 4.31. The van der Waals surface area contributed by atoms with Gasteiger partial charge in [0.2, 0.25) is 0 Å². The Bertz CT molecular complexity index is 523. The van der Waals surface area contributed by atoms with Crippen molar-refractivity contribution in [2.75, 3.05) is 6.54 Å². The maximum absolute atomic E-state index is 5.97. The number of halogens is 1. The van der Waals surface area contributed by atoms with Gasteiger partial charge in [-0.3, -0.25) is 4.98 Å². The van der Waals surface area contributed by atoms with Crippen molar-refractivity contribution in [2.24, 2.45) is 0 Å². The summed E-state index contributed by atoms with van der Waals surface area (Å²) in [5.74, 6) is 0. The number of nitrogens with one attached hydrogen (secondary N) is 1. The second-order valence-electron chi connectivity index (χ2n) is 4.47. The molecule has 2 aromatic rings. The minimum Gasteiger partial charge on any atom is -0.307 e. The molecule has 1 N–H and O–H groups in total. The van der Waals surface area contributed by atoms with Crippen molar-refractivity contribution in [3.8, 4) is 0 Å². The molecule has 0 radical (unpaired) electrons. The summed E-state index contributed by atoms with van der Waals surface area (Å²) in [6.07, 6.45) is 4.79. The number of benzene rings is 1. The van der Waals surface area contributed by atoms with E-state index < -0.39 is 0 Å². The van der Waals surface area contributed by atoms with Crippen molar-refractivity contribution in [3.05, 3.63) is 64.4 Å². The molecule has 0 saturated carbocycles. The first-order valence-corrected chi connectivity index (χ1v) is 7.05. The van der Waals surface area contributed by atoms with Crippen molar-refractivity contribution < 1.29 is 0 Å². The van der Waals surface area contributed by atoms with Crippen LogP contribution in [0.25, 0.3) is 0 Å². The molecular formula is C16H19ClN2. The number of aromatic nitrogens is 1. The molecular weight excluding hydrogens is 256 g/mol. The van der Waals surface area contributed by atoms with Gasteiger partial charge in [-0.05, 0) is 47.9 Å². The van der Waals surface area contributed by atoms with Crippen LogP contribution in [0, 0.1) is 0 Å². The summed E-state index contributed by atoms with van der Waals surface area (Å²) in [6, 6.07) is 10.3. The van der Waals surface area contributed by atoms with Gasteiger partial charge in [0, 0.05) is 17.4 Å². The number of nitrogens with zero attached hydrogens (tertiary/aromatic N) is 1. The molecule has 0 spiro atoms. The number of pyridine rings is 1. The summed E-state index contributed by atoms with van der Waals surface area (Å²) in [5.41, 5.74) is 3.80. The highest BCUT2D eigenvalue weighted by molar-refractivity contribution is 6.30. The van der Waals surface area contributed by atoms with E-state index >= 15 is 0 Å². The molecule has 2 nitrogen and oxygen atoms in total. The lowest BCUT2D eigenvalue weighted by atomic mass is 9.95. The monoisotopic (exact) mass is 274 g/mol. The number of hydrogen-bond donors (Lipinski definition) is 1. The highest BCUT2D eigenvalue weighted by Gasteiger charge is 2.15. The molecule has 0 aliphatic heterocycles. The van der Waals surface area contributed by atoms with Gasteiger partial charge in [0.1, 0.15) is 0 Å². The Balaban J connectivity index is 2.42. The van der Waals surface area contributed by atoms with Crippen LogP contribution in [0.1, 0.15) is 36.6 Å². The average Bonchev–Trinajstić information content (AvgIpc) is 2.46. The molecule has 1 unspecified atom stereocenters. The second-order valence-corrected chi connectivity index (χ2v) is 4.91. The predicted octanol–water partition coefficient (Wildman–Crippen LogP) is 4.00. The topological polar surface area (TPSA) is 24.9 Å². The van der Waals surface area contributed by atoms with Gasteiger partial charge >= 0.3 is 0 Å². The first-order valence-electron chi connectivity index (χ1n) is 6.67. The van der Waals surface area contributed by atoms with Crippen molar-refractivity contribution in [1.29, 1.82) is 0 Å². The predicted molar refractivity (Wildman–Crippen MR) is 80.6 cm³/mol. The van der Waals surface area contributed by atoms with Crippen LogP contribution in [0.2, 0.25) is 5.02 Å². The average molecular weight is 275 g/mol. The lowest BCUT2D eigenvalue weighted by Gasteiger charge is -2.21. The third-order valence-corrected chi connectivity index (χ3v) is 3.50. The van der Waals surface area contributed by atoms with E-state index in [0.29, 0.717) is 0 Å². The maximum Gasteiger partial charge on any atom is 0.0580 e. The second kappa shape index (κ2) is 6.69. The lowest BCUT2D eigenvalue weighted by molar-refractivity contribution is 0.624. The minimum absolute atomic E-state index is 0.195. The van der Waals surface area contributed by atoms with Crippen LogP contribution in [0.3, 0.4) is 0 Å². The molecule has 19 heavy (non-hydrogen) atoms. The standard InChI is InChI=1S/C16H19ClN2/c1-3-12-11-18-10-9-15(12)16(19-4-2)13-5-7-14(17)8-6-13/h5-11,16,19H,3-4H2,1-2H3.